The van der Waals surface area contributed by atoms with Crippen LogP contribution in [0.15, 0.2) is 18.2 Å². The fraction of sp³-hybridized carbons (Fsp3) is 0.533. The molecule has 102 valence electrons. The molecule has 0 spiro atoms. The van der Waals surface area contributed by atoms with Crippen LogP contribution in [0.25, 0.3) is 0 Å². The Bertz CT molecular complexity index is 505. The Labute approximate surface area is 117 Å². The minimum absolute atomic E-state index is 0.156. The van der Waals surface area contributed by atoms with Crippen LogP contribution in [0.2, 0.25) is 0 Å². The molecule has 2 heterocycles. The Morgan fingerprint density at radius 3 is 2.58 bits per heavy atom. The molecule has 1 aromatic rings. The van der Waals surface area contributed by atoms with E-state index in [1.807, 2.05) is 11.8 Å². The summed E-state index contributed by atoms with van der Waals surface area (Å²) in [6.45, 7) is 1.87. The quantitative estimate of drug-likeness (QED) is 0.722. The van der Waals surface area contributed by atoms with E-state index in [0.717, 1.165) is 31.2 Å². The largest absolute Gasteiger partial charge is 0.332 e. The minimum atomic E-state index is -0.428. The van der Waals surface area contributed by atoms with Crippen LogP contribution in [0, 0.1) is 12.7 Å². The van der Waals surface area contributed by atoms with E-state index in [1.54, 1.807) is 12.1 Å². The highest BCUT2D eigenvalue weighted by atomic mass is 35.5. The normalized spacial score (nSPS) is 29.6. The predicted molar refractivity (Wildman–Crippen MR) is 73.0 cm³/mol. The van der Waals surface area contributed by atoms with Gasteiger partial charge in [0, 0.05) is 17.5 Å². The number of amides is 1. The highest BCUT2D eigenvalue weighted by Crippen LogP contribution is 2.38. The maximum absolute atomic E-state index is 13.9. The van der Waals surface area contributed by atoms with E-state index in [0.29, 0.717) is 0 Å². The number of halogens is 2. The number of carbonyl (C=O) groups is 1. The number of nitrogens with zero attached hydrogens (tertiary/aromatic N) is 1. The molecule has 2 aliphatic heterocycles. The molecule has 2 aliphatic rings. The molecule has 0 N–H and O–H groups in total. The van der Waals surface area contributed by atoms with E-state index in [4.69, 9.17) is 11.6 Å². The average Bonchev–Trinajstić information content (AvgIpc) is 2.64. The molecule has 0 radical (unpaired) electrons. The Balaban J connectivity index is 1.90. The van der Waals surface area contributed by atoms with E-state index >= 15 is 0 Å². The molecule has 2 fully saturated rings. The van der Waals surface area contributed by atoms with Crippen LogP contribution >= 0.6 is 11.6 Å². The number of carbonyl (C=O) groups excluding carboxylic acids is 1. The Morgan fingerprint density at radius 1 is 1.32 bits per heavy atom. The second-order valence-corrected chi connectivity index (χ2v) is 6.27. The zero-order chi connectivity index (χ0) is 13.6. The van der Waals surface area contributed by atoms with Gasteiger partial charge in [-0.15, -0.1) is 11.6 Å². The third-order valence-corrected chi connectivity index (χ3v) is 4.62. The monoisotopic (exact) mass is 281 g/mol. The van der Waals surface area contributed by atoms with Crippen LogP contribution in [0.4, 0.5) is 4.39 Å². The zero-order valence-corrected chi connectivity index (χ0v) is 11.7. The van der Waals surface area contributed by atoms with E-state index in [1.165, 1.54) is 6.07 Å². The molecule has 2 unspecified atom stereocenters. The fourth-order valence-corrected chi connectivity index (χ4v) is 3.80. The van der Waals surface area contributed by atoms with E-state index in [9.17, 15) is 9.18 Å². The van der Waals surface area contributed by atoms with Gasteiger partial charge in [-0.1, -0.05) is 11.6 Å². The lowest BCUT2D eigenvalue weighted by Gasteiger charge is -2.37. The van der Waals surface area contributed by atoms with Gasteiger partial charge >= 0.3 is 0 Å². The van der Waals surface area contributed by atoms with Gasteiger partial charge in [0.1, 0.15) is 5.82 Å². The molecule has 1 aromatic carbocycles. The average molecular weight is 282 g/mol. The Morgan fingerprint density at radius 2 is 1.95 bits per heavy atom. The van der Waals surface area contributed by atoms with Gasteiger partial charge in [-0.2, -0.15) is 0 Å². The highest BCUT2D eigenvalue weighted by molar-refractivity contribution is 6.20. The highest BCUT2D eigenvalue weighted by Gasteiger charge is 2.43. The molecule has 0 aliphatic carbocycles. The third-order valence-electron chi connectivity index (χ3n) is 4.26. The van der Waals surface area contributed by atoms with Crippen molar-refractivity contribution in [3.63, 3.8) is 0 Å². The SMILES string of the molecule is Cc1ccc(F)c(C(=O)N2C3CCC2CC(Cl)C3)c1. The number of piperidine rings is 1. The number of alkyl halides is 1. The van der Waals surface area contributed by atoms with Crippen molar-refractivity contribution in [1.82, 2.24) is 4.90 Å². The number of aryl methyl sites for hydroxylation is 1. The van der Waals surface area contributed by atoms with Crippen LogP contribution in [0.1, 0.15) is 41.6 Å². The zero-order valence-electron chi connectivity index (χ0n) is 10.9. The molecule has 0 saturated carbocycles. The fourth-order valence-electron chi connectivity index (χ4n) is 3.38. The number of benzene rings is 1. The Hall–Kier alpha value is -1.09. The molecule has 2 bridgehead atoms. The van der Waals surface area contributed by atoms with Gasteiger partial charge in [0.2, 0.25) is 0 Å². The van der Waals surface area contributed by atoms with Crippen LogP contribution in [-0.2, 0) is 0 Å². The van der Waals surface area contributed by atoms with Crippen molar-refractivity contribution < 1.29 is 9.18 Å². The molecular formula is C15H17ClFNO. The maximum atomic E-state index is 13.9. The summed E-state index contributed by atoms with van der Waals surface area (Å²) in [5.41, 5.74) is 1.11. The smallest absolute Gasteiger partial charge is 0.257 e. The van der Waals surface area contributed by atoms with Gasteiger partial charge in [0.05, 0.1) is 5.56 Å². The lowest BCUT2D eigenvalue weighted by molar-refractivity contribution is 0.0594. The van der Waals surface area contributed by atoms with Gasteiger partial charge in [0.15, 0.2) is 0 Å². The van der Waals surface area contributed by atoms with Gasteiger partial charge in [-0.25, -0.2) is 4.39 Å². The third kappa shape index (κ3) is 2.25. The summed E-state index contributed by atoms with van der Waals surface area (Å²) in [4.78, 5) is 14.5. The van der Waals surface area contributed by atoms with Crippen molar-refractivity contribution in [3.8, 4) is 0 Å². The van der Waals surface area contributed by atoms with Crippen LogP contribution < -0.4 is 0 Å². The van der Waals surface area contributed by atoms with Gasteiger partial charge in [0.25, 0.3) is 5.91 Å². The molecule has 2 atom stereocenters. The first-order chi connectivity index (χ1) is 9.06. The van der Waals surface area contributed by atoms with Crippen molar-refractivity contribution in [1.29, 1.82) is 0 Å². The first-order valence-electron chi connectivity index (χ1n) is 6.79. The standard InChI is InChI=1S/C15H17ClFNO/c1-9-2-5-14(17)13(6-9)15(19)18-11-3-4-12(18)8-10(16)7-11/h2,5-6,10-12H,3-4,7-8H2,1H3. The molecule has 19 heavy (non-hydrogen) atoms. The number of hydrogen-bond acceptors (Lipinski definition) is 1. The van der Waals surface area contributed by atoms with Crippen molar-refractivity contribution in [2.24, 2.45) is 0 Å². The Kier molecular flexibility index (Phi) is 3.25. The molecule has 3 rings (SSSR count). The summed E-state index contributed by atoms with van der Waals surface area (Å²) >= 11 is 6.21. The van der Waals surface area contributed by atoms with Crippen LogP contribution in [0.5, 0.6) is 0 Å². The second kappa shape index (κ2) is 4.78. The van der Waals surface area contributed by atoms with Crippen molar-refractivity contribution >= 4 is 17.5 Å². The summed E-state index contributed by atoms with van der Waals surface area (Å²) < 4.78 is 13.9. The van der Waals surface area contributed by atoms with E-state index in [2.05, 4.69) is 0 Å². The minimum Gasteiger partial charge on any atom is -0.332 e. The molecule has 4 heteroatoms. The van der Waals surface area contributed by atoms with Crippen molar-refractivity contribution in [2.75, 3.05) is 0 Å². The second-order valence-electron chi connectivity index (χ2n) is 5.65. The molecule has 1 amide bonds. The van der Waals surface area contributed by atoms with Crippen LogP contribution in [-0.4, -0.2) is 28.3 Å². The van der Waals surface area contributed by atoms with Gasteiger partial charge < -0.3 is 4.90 Å². The summed E-state index contributed by atoms with van der Waals surface area (Å²) in [5, 5.41) is 0.156. The predicted octanol–water partition coefficient (Wildman–Crippen LogP) is 3.51. The summed E-state index contributed by atoms with van der Waals surface area (Å²) in [5.74, 6) is -0.597. The van der Waals surface area contributed by atoms with Gasteiger partial charge in [-0.05, 0) is 44.7 Å². The number of hydrogen-bond donors (Lipinski definition) is 0. The van der Waals surface area contributed by atoms with E-state index < -0.39 is 5.82 Å². The first kappa shape index (κ1) is 12.9. The first-order valence-corrected chi connectivity index (χ1v) is 7.23. The number of fused-ring (bicyclic) bond motifs is 2. The van der Waals surface area contributed by atoms with E-state index in [-0.39, 0.29) is 28.9 Å². The summed E-state index contributed by atoms with van der Waals surface area (Å²) in [6, 6.07) is 5.08. The summed E-state index contributed by atoms with van der Waals surface area (Å²) in [6.07, 6.45) is 3.65. The van der Waals surface area contributed by atoms with Crippen molar-refractivity contribution in [3.05, 3.63) is 35.1 Å². The van der Waals surface area contributed by atoms with Gasteiger partial charge in [-0.3, -0.25) is 4.79 Å². The van der Waals surface area contributed by atoms with Crippen molar-refractivity contribution in [2.45, 2.75) is 50.1 Å². The molecule has 2 saturated heterocycles. The lowest BCUT2D eigenvalue weighted by Crippen LogP contribution is -2.47. The molecular weight excluding hydrogens is 265 g/mol. The summed E-state index contributed by atoms with van der Waals surface area (Å²) in [7, 11) is 0. The molecule has 2 nitrogen and oxygen atoms in total. The molecule has 0 aromatic heterocycles. The lowest BCUT2D eigenvalue weighted by atomic mass is 10.00. The topological polar surface area (TPSA) is 20.3 Å². The maximum Gasteiger partial charge on any atom is 0.257 e. The number of rotatable bonds is 1. The van der Waals surface area contributed by atoms with Crippen LogP contribution in [0.3, 0.4) is 0 Å².